The average molecular weight is 493 g/mol. The Morgan fingerprint density at radius 2 is 1.74 bits per heavy atom. The van der Waals surface area contributed by atoms with Crippen LogP contribution in [0.3, 0.4) is 0 Å². The molecule has 1 N–H and O–H groups in total. The number of benzene rings is 2. The van der Waals surface area contributed by atoms with Crippen molar-refractivity contribution in [1.29, 1.82) is 5.41 Å². The van der Waals surface area contributed by atoms with Crippen molar-refractivity contribution in [2.24, 2.45) is 16.0 Å². The summed E-state index contributed by atoms with van der Waals surface area (Å²) in [4.78, 5) is 16.7. The average Bonchev–Trinajstić information content (AvgIpc) is 3.27. The Hall–Kier alpha value is -3.43. The number of ether oxygens (including phenoxy) is 3. The molecular formula is C26H28N4O4S. The van der Waals surface area contributed by atoms with E-state index in [2.05, 4.69) is 10.1 Å². The minimum absolute atomic E-state index is 0.0238. The van der Waals surface area contributed by atoms with E-state index in [9.17, 15) is 4.79 Å². The van der Waals surface area contributed by atoms with Crippen LogP contribution in [-0.2, 0) is 9.53 Å². The Kier molecular flexibility index (Phi) is 7.99. The standard InChI is InChI=1S/C26H28N4O4S/c1-17(2)25-29-30-23(27)22(24(31)28-26(30)35-25)16-19-5-4-6-21(15-19)34-14-12-32-11-13-33-20-9-7-18(3)8-10-20/h4-10,15-17,27H,11-14H2,1-3H3/b22-16-,27-23?. The maximum Gasteiger partial charge on any atom is 0.283 e. The highest BCUT2D eigenvalue weighted by Gasteiger charge is 2.36. The van der Waals surface area contributed by atoms with E-state index in [0.717, 1.165) is 16.4 Å². The number of hydrogen-bond donors (Lipinski definition) is 1. The van der Waals surface area contributed by atoms with Gasteiger partial charge in [0.1, 0.15) is 29.8 Å². The van der Waals surface area contributed by atoms with Crippen LogP contribution in [0.25, 0.3) is 6.08 Å². The molecule has 4 rings (SSSR count). The third-order valence-corrected chi connectivity index (χ3v) is 6.36. The first kappa shape index (κ1) is 24.7. The van der Waals surface area contributed by atoms with Gasteiger partial charge in [0.05, 0.1) is 18.8 Å². The van der Waals surface area contributed by atoms with Crippen LogP contribution in [0, 0.1) is 18.3 Å². The number of nitrogens with one attached hydrogen (secondary N) is 1. The molecule has 2 aliphatic heterocycles. The number of hydrogen-bond acceptors (Lipinski definition) is 7. The number of carbonyl (C=O) groups is 1. The van der Waals surface area contributed by atoms with Crippen LogP contribution < -0.4 is 9.47 Å². The van der Waals surface area contributed by atoms with Gasteiger partial charge in [0.2, 0.25) is 5.17 Å². The number of hydrazone groups is 1. The Bertz CT molecular complexity index is 1190. The predicted molar refractivity (Wildman–Crippen MR) is 139 cm³/mol. The largest absolute Gasteiger partial charge is 0.491 e. The lowest BCUT2D eigenvalue weighted by Crippen LogP contribution is -2.35. The highest BCUT2D eigenvalue weighted by molar-refractivity contribution is 8.27. The minimum atomic E-state index is -0.443. The van der Waals surface area contributed by atoms with Gasteiger partial charge in [0.15, 0.2) is 5.84 Å². The lowest BCUT2D eigenvalue weighted by molar-refractivity contribution is -0.114. The van der Waals surface area contributed by atoms with Crippen LogP contribution in [0.4, 0.5) is 0 Å². The molecule has 0 atom stereocenters. The number of aliphatic imine (C=N–C) groups is 1. The molecule has 1 amide bonds. The third-order valence-electron chi connectivity index (χ3n) is 5.15. The van der Waals surface area contributed by atoms with E-state index in [1.165, 1.54) is 22.3 Å². The summed E-state index contributed by atoms with van der Waals surface area (Å²) in [6, 6.07) is 15.2. The van der Waals surface area contributed by atoms with Gasteiger partial charge in [-0.1, -0.05) is 43.7 Å². The maximum atomic E-state index is 12.6. The first-order chi connectivity index (χ1) is 16.9. The second kappa shape index (κ2) is 11.3. The van der Waals surface area contributed by atoms with E-state index in [-0.39, 0.29) is 17.3 Å². The smallest absolute Gasteiger partial charge is 0.283 e. The topological polar surface area (TPSA) is 96.6 Å². The molecule has 0 bridgehead atoms. The Balaban J connectivity index is 1.27. The second-order valence-corrected chi connectivity index (χ2v) is 9.30. The number of aryl methyl sites for hydroxylation is 1. The van der Waals surface area contributed by atoms with E-state index in [1.54, 1.807) is 6.08 Å². The number of amides is 1. The fourth-order valence-electron chi connectivity index (χ4n) is 3.27. The fourth-order valence-corrected chi connectivity index (χ4v) is 4.17. The SMILES string of the molecule is Cc1ccc(OCCOCCOc2cccc(/C=C3/C(=N)N4N=C(C(C)C)SC4=NC3=O)c2)cc1. The van der Waals surface area contributed by atoms with Gasteiger partial charge in [0.25, 0.3) is 5.91 Å². The van der Waals surface area contributed by atoms with E-state index in [4.69, 9.17) is 19.6 Å². The van der Waals surface area contributed by atoms with Crippen LogP contribution in [0.2, 0.25) is 0 Å². The zero-order valence-electron chi connectivity index (χ0n) is 20.0. The van der Waals surface area contributed by atoms with E-state index in [1.807, 2.05) is 69.3 Å². The Morgan fingerprint density at radius 3 is 2.46 bits per heavy atom. The van der Waals surface area contributed by atoms with Crippen LogP contribution in [0.5, 0.6) is 11.5 Å². The van der Waals surface area contributed by atoms with Gasteiger partial charge in [-0.3, -0.25) is 10.2 Å². The predicted octanol–water partition coefficient (Wildman–Crippen LogP) is 4.74. The quantitative estimate of drug-likeness (QED) is 0.380. The third kappa shape index (κ3) is 6.37. The van der Waals surface area contributed by atoms with Crippen molar-refractivity contribution in [2.75, 3.05) is 26.4 Å². The van der Waals surface area contributed by atoms with Gasteiger partial charge >= 0.3 is 0 Å². The van der Waals surface area contributed by atoms with Crippen LogP contribution in [0.15, 0.2) is 64.2 Å². The van der Waals surface area contributed by atoms with Gasteiger partial charge in [-0.25, -0.2) is 0 Å². The normalized spacial score (nSPS) is 16.5. The lowest BCUT2D eigenvalue weighted by Gasteiger charge is -2.20. The molecule has 9 heteroatoms. The van der Waals surface area contributed by atoms with Crippen molar-refractivity contribution in [3.05, 3.63) is 65.2 Å². The van der Waals surface area contributed by atoms with E-state index in [0.29, 0.717) is 37.3 Å². The molecule has 0 spiro atoms. The molecule has 0 unspecified atom stereocenters. The summed E-state index contributed by atoms with van der Waals surface area (Å²) < 4.78 is 17.0. The molecule has 0 saturated heterocycles. The summed E-state index contributed by atoms with van der Waals surface area (Å²) in [6.07, 6.45) is 1.64. The highest BCUT2D eigenvalue weighted by atomic mass is 32.2. The molecular weight excluding hydrogens is 464 g/mol. The molecule has 2 aromatic carbocycles. The van der Waals surface area contributed by atoms with Crippen molar-refractivity contribution >= 4 is 39.8 Å². The summed E-state index contributed by atoms with van der Waals surface area (Å²) in [6.45, 7) is 7.80. The van der Waals surface area contributed by atoms with Crippen molar-refractivity contribution in [2.45, 2.75) is 20.8 Å². The van der Waals surface area contributed by atoms with Crippen LogP contribution >= 0.6 is 11.8 Å². The molecule has 2 aromatic rings. The first-order valence-corrected chi connectivity index (χ1v) is 12.2. The molecule has 0 aliphatic carbocycles. The molecule has 35 heavy (non-hydrogen) atoms. The zero-order valence-corrected chi connectivity index (χ0v) is 20.8. The van der Waals surface area contributed by atoms with Gasteiger partial charge in [0, 0.05) is 5.92 Å². The number of carbonyl (C=O) groups excluding carboxylic acids is 1. The number of nitrogens with zero attached hydrogens (tertiary/aromatic N) is 3. The maximum absolute atomic E-state index is 12.6. The summed E-state index contributed by atoms with van der Waals surface area (Å²) in [5, 5.41) is 15.6. The second-order valence-electron chi connectivity index (χ2n) is 8.31. The summed E-state index contributed by atoms with van der Waals surface area (Å²) in [5.41, 5.74) is 2.12. The fraction of sp³-hybridized carbons (Fsp3) is 0.308. The van der Waals surface area contributed by atoms with Gasteiger partial charge < -0.3 is 14.2 Å². The summed E-state index contributed by atoms with van der Waals surface area (Å²) in [5.74, 6) is 1.25. The molecule has 2 heterocycles. The minimum Gasteiger partial charge on any atom is -0.491 e. The van der Waals surface area contributed by atoms with Crippen LogP contribution in [-0.4, -0.2) is 53.4 Å². The molecule has 182 valence electrons. The van der Waals surface area contributed by atoms with Crippen LogP contribution in [0.1, 0.15) is 25.0 Å². The number of thioether (sulfide) groups is 1. The molecule has 2 aliphatic rings. The van der Waals surface area contributed by atoms with Crippen molar-refractivity contribution in [3.63, 3.8) is 0 Å². The molecule has 8 nitrogen and oxygen atoms in total. The number of amidine groups is 2. The Labute approximate surface area is 209 Å². The monoisotopic (exact) mass is 492 g/mol. The highest BCUT2D eigenvalue weighted by Crippen LogP contribution is 2.31. The molecule has 0 fully saturated rings. The summed E-state index contributed by atoms with van der Waals surface area (Å²) >= 11 is 1.33. The molecule has 0 aromatic heterocycles. The van der Waals surface area contributed by atoms with Gasteiger partial charge in [-0.05, 0) is 54.6 Å². The number of rotatable bonds is 10. The summed E-state index contributed by atoms with van der Waals surface area (Å²) in [7, 11) is 0. The van der Waals surface area contributed by atoms with Crippen molar-refractivity contribution < 1.29 is 19.0 Å². The zero-order chi connectivity index (χ0) is 24.8. The Morgan fingerprint density at radius 1 is 1.03 bits per heavy atom. The van der Waals surface area contributed by atoms with Gasteiger partial charge in [-0.15, -0.1) is 0 Å². The van der Waals surface area contributed by atoms with Gasteiger partial charge in [-0.2, -0.15) is 15.1 Å². The van der Waals surface area contributed by atoms with Crippen molar-refractivity contribution in [1.82, 2.24) is 5.01 Å². The lowest BCUT2D eigenvalue weighted by atomic mass is 10.1. The molecule has 0 saturated carbocycles. The van der Waals surface area contributed by atoms with E-state index < -0.39 is 5.91 Å². The van der Waals surface area contributed by atoms with Crippen molar-refractivity contribution in [3.8, 4) is 11.5 Å². The number of fused-ring (bicyclic) bond motifs is 1. The molecule has 0 radical (unpaired) electrons. The van der Waals surface area contributed by atoms with E-state index >= 15 is 0 Å². The first-order valence-electron chi connectivity index (χ1n) is 11.4.